The molecule has 1 aromatic carbocycles. The zero-order valence-corrected chi connectivity index (χ0v) is 8.98. The molecule has 0 unspecified atom stereocenters. The number of aromatic carboxylic acids is 1. The van der Waals surface area contributed by atoms with E-state index in [0.717, 1.165) is 12.1 Å². The second-order valence-corrected chi connectivity index (χ2v) is 2.18. The molecular formula is C8H5NaO4. The summed E-state index contributed by atoms with van der Waals surface area (Å²) in [6.07, 6.45) is 0.352. The molecule has 62 valence electrons. The molecule has 0 heterocycles. The molecule has 0 bridgehead atoms. The van der Waals surface area contributed by atoms with Crippen LogP contribution in [-0.4, -0.2) is 17.4 Å². The molecule has 5 heteroatoms. The SMILES string of the molecule is O=Cc1cc(O)ccc1C(=O)[O-].[Na+]. The Kier molecular flexibility index (Phi) is 4.69. The van der Waals surface area contributed by atoms with Crippen molar-refractivity contribution in [1.29, 1.82) is 0 Å². The van der Waals surface area contributed by atoms with Gasteiger partial charge in [-0.05, 0) is 18.2 Å². The minimum atomic E-state index is -1.43. The Balaban J connectivity index is 0.00000144. The first-order valence-corrected chi connectivity index (χ1v) is 3.14. The molecule has 0 aromatic heterocycles. The van der Waals surface area contributed by atoms with Crippen LogP contribution in [0.25, 0.3) is 0 Å². The number of carbonyl (C=O) groups is 2. The van der Waals surface area contributed by atoms with Gasteiger partial charge in [0, 0.05) is 11.1 Å². The van der Waals surface area contributed by atoms with Gasteiger partial charge in [0.25, 0.3) is 0 Å². The van der Waals surface area contributed by atoms with E-state index in [1.54, 1.807) is 0 Å². The van der Waals surface area contributed by atoms with Gasteiger partial charge in [0.15, 0.2) is 6.29 Å². The second-order valence-electron chi connectivity index (χ2n) is 2.18. The van der Waals surface area contributed by atoms with Crippen LogP contribution in [0.4, 0.5) is 0 Å². The summed E-state index contributed by atoms with van der Waals surface area (Å²) in [5.74, 6) is -1.58. The number of rotatable bonds is 2. The monoisotopic (exact) mass is 188 g/mol. The summed E-state index contributed by atoms with van der Waals surface area (Å²) in [5, 5.41) is 19.2. The number of phenolic OH excluding ortho intramolecular Hbond substituents is 1. The van der Waals surface area contributed by atoms with E-state index < -0.39 is 5.97 Å². The molecule has 0 saturated heterocycles. The van der Waals surface area contributed by atoms with Crippen molar-refractivity contribution in [2.45, 2.75) is 0 Å². The summed E-state index contributed by atoms with van der Waals surface area (Å²) in [7, 11) is 0. The minimum absolute atomic E-state index is 0. The van der Waals surface area contributed by atoms with E-state index in [4.69, 9.17) is 5.11 Å². The first-order valence-electron chi connectivity index (χ1n) is 3.14. The number of hydrogen-bond acceptors (Lipinski definition) is 4. The van der Waals surface area contributed by atoms with Crippen molar-refractivity contribution in [1.82, 2.24) is 0 Å². The zero-order valence-electron chi connectivity index (χ0n) is 6.98. The topological polar surface area (TPSA) is 77.4 Å². The third kappa shape index (κ3) is 2.84. The smallest absolute Gasteiger partial charge is 0.545 e. The van der Waals surface area contributed by atoms with Gasteiger partial charge < -0.3 is 15.0 Å². The van der Waals surface area contributed by atoms with E-state index in [1.807, 2.05) is 0 Å². The molecule has 0 fully saturated rings. The summed E-state index contributed by atoms with van der Waals surface area (Å²) in [4.78, 5) is 20.6. The van der Waals surface area contributed by atoms with Crippen molar-refractivity contribution >= 4 is 12.3 Å². The number of aldehydes is 1. The normalized spacial score (nSPS) is 8.62. The van der Waals surface area contributed by atoms with Crippen LogP contribution in [-0.2, 0) is 0 Å². The fourth-order valence-corrected chi connectivity index (χ4v) is 0.834. The molecule has 0 saturated carbocycles. The maximum Gasteiger partial charge on any atom is 1.00 e. The molecule has 0 spiro atoms. The standard InChI is InChI=1S/C8H6O4.Na/c9-4-5-3-6(10)1-2-7(5)8(11)12;/h1-4,10H,(H,11,12);/q;+1/p-1. The van der Waals surface area contributed by atoms with Gasteiger partial charge in [-0.15, -0.1) is 0 Å². The Labute approximate surface area is 96.5 Å². The van der Waals surface area contributed by atoms with Gasteiger partial charge in [0.1, 0.15) is 5.75 Å². The molecule has 0 amide bonds. The Morgan fingerprint density at radius 1 is 1.46 bits per heavy atom. The van der Waals surface area contributed by atoms with Crippen molar-refractivity contribution in [3.8, 4) is 5.75 Å². The maximum absolute atomic E-state index is 10.3. The van der Waals surface area contributed by atoms with Crippen LogP contribution in [0.5, 0.6) is 5.75 Å². The first kappa shape index (κ1) is 12.2. The molecule has 0 aliphatic carbocycles. The van der Waals surface area contributed by atoms with E-state index in [-0.39, 0.29) is 46.4 Å². The molecule has 4 nitrogen and oxygen atoms in total. The predicted molar refractivity (Wildman–Crippen MR) is 37.8 cm³/mol. The number of carboxylic acids is 1. The molecule has 0 atom stereocenters. The minimum Gasteiger partial charge on any atom is -0.545 e. The van der Waals surface area contributed by atoms with Gasteiger partial charge in [-0.3, -0.25) is 4.79 Å². The van der Waals surface area contributed by atoms with Crippen LogP contribution in [0.1, 0.15) is 20.7 Å². The third-order valence-corrected chi connectivity index (χ3v) is 1.38. The van der Waals surface area contributed by atoms with Crippen LogP contribution < -0.4 is 34.7 Å². The Morgan fingerprint density at radius 3 is 2.54 bits per heavy atom. The van der Waals surface area contributed by atoms with Gasteiger partial charge in [-0.25, -0.2) is 0 Å². The molecule has 0 aliphatic rings. The van der Waals surface area contributed by atoms with Gasteiger partial charge in [-0.1, -0.05) is 0 Å². The van der Waals surface area contributed by atoms with E-state index in [0.29, 0.717) is 6.29 Å². The number of hydrogen-bond donors (Lipinski definition) is 1. The maximum atomic E-state index is 10.3. The summed E-state index contributed by atoms with van der Waals surface area (Å²) < 4.78 is 0. The van der Waals surface area contributed by atoms with Crippen molar-refractivity contribution in [3.05, 3.63) is 29.3 Å². The molecule has 0 aliphatic heterocycles. The first-order chi connectivity index (χ1) is 5.65. The Hall–Kier alpha value is -0.840. The Bertz CT molecular complexity index is 335. The van der Waals surface area contributed by atoms with Gasteiger partial charge in [-0.2, -0.15) is 0 Å². The molecule has 1 N–H and O–H groups in total. The summed E-state index contributed by atoms with van der Waals surface area (Å²) >= 11 is 0. The summed E-state index contributed by atoms with van der Waals surface area (Å²) in [5.41, 5.74) is -0.308. The van der Waals surface area contributed by atoms with E-state index >= 15 is 0 Å². The predicted octanol–water partition coefficient (Wildman–Crippen LogP) is -3.43. The third-order valence-electron chi connectivity index (χ3n) is 1.38. The van der Waals surface area contributed by atoms with E-state index in [1.165, 1.54) is 6.07 Å². The fraction of sp³-hybridized carbons (Fsp3) is 0. The molecule has 0 radical (unpaired) electrons. The number of carbonyl (C=O) groups excluding carboxylic acids is 2. The average molecular weight is 188 g/mol. The van der Waals surface area contributed by atoms with Crippen molar-refractivity contribution in [3.63, 3.8) is 0 Å². The molecule has 13 heavy (non-hydrogen) atoms. The van der Waals surface area contributed by atoms with Gasteiger partial charge in [0.05, 0.1) is 5.97 Å². The summed E-state index contributed by atoms with van der Waals surface area (Å²) in [6, 6.07) is 3.37. The van der Waals surface area contributed by atoms with Crippen LogP contribution >= 0.6 is 0 Å². The van der Waals surface area contributed by atoms with Crippen LogP contribution in [0, 0.1) is 0 Å². The number of aromatic hydroxyl groups is 1. The number of carboxylic acid groups (broad SMARTS) is 1. The van der Waals surface area contributed by atoms with E-state index in [9.17, 15) is 14.7 Å². The van der Waals surface area contributed by atoms with Crippen molar-refractivity contribution < 1.29 is 49.4 Å². The zero-order chi connectivity index (χ0) is 9.14. The van der Waals surface area contributed by atoms with Crippen LogP contribution in [0.3, 0.4) is 0 Å². The largest absolute Gasteiger partial charge is 1.00 e. The van der Waals surface area contributed by atoms with Crippen molar-refractivity contribution in [2.24, 2.45) is 0 Å². The fourth-order valence-electron chi connectivity index (χ4n) is 0.834. The summed E-state index contributed by atoms with van der Waals surface area (Å²) in [6.45, 7) is 0. The van der Waals surface area contributed by atoms with Crippen LogP contribution in [0.15, 0.2) is 18.2 Å². The van der Waals surface area contributed by atoms with Crippen LogP contribution in [0.2, 0.25) is 0 Å². The van der Waals surface area contributed by atoms with Gasteiger partial charge >= 0.3 is 29.6 Å². The molecule has 1 aromatic rings. The number of benzene rings is 1. The average Bonchev–Trinajstić information content (AvgIpc) is 2.03. The molecular weight excluding hydrogens is 183 g/mol. The van der Waals surface area contributed by atoms with E-state index in [2.05, 4.69) is 0 Å². The van der Waals surface area contributed by atoms with Gasteiger partial charge in [0.2, 0.25) is 0 Å². The second kappa shape index (κ2) is 5.01. The molecule has 1 rings (SSSR count). The van der Waals surface area contributed by atoms with Crippen molar-refractivity contribution in [2.75, 3.05) is 0 Å². The quantitative estimate of drug-likeness (QED) is 0.387. The number of phenols is 1. The Morgan fingerprint density at radius 2 is 2.08 bits per heavy atom.